The highest BCUT2D eigenvalue weighted by atomic mass is 16.3. The standard InChI is InChI=1S/C8H14N6O2/c15-7(3-14-6-11-12-13-14)10-5-8(16)1-2-9-4-8/h6,9,16H,1-5H2,(H,10,15)/t8-/m0/s1. The molecule has 0 spiro atoms. The van der Waals surface area contributed by atoms with E-state index in [4.69, 9.17) is 0 Å². The molecule has 0 unspecified atom stereocenters. The molecule has 1 atom stereocenters. The number of amides is 1. The van der Waals surface area contributed by atoms with E-state index in [-0.39, 0.29) is 19.0 Å². The smallest absolute Gasteiger partial charge is 0.241 e. The van der Waals surface area contributed by atoms with Gasteiger partial charge in [-0.1, -0.05) is 0 Å². The molecular formula is C8H14N6O2. The first-order chi connectivity index (χ1) is 7.68. The number of rotatable bonds is 4. The number of nitrogens with one attached hydrogen (secondary N) is 2. The second-order valence-electron chi connectivity index (χ2n) is 3.94. The molecule has 1 saturated heterocycles. The molecule has 16 heavy (non-hydrogen) atoms. The van der Waals surface area contributed by atoms with Gasteiger partial charge in [0.25, 0.3) is 0 Å². The largest absolute Gasteiger partial charge is 0.387 e. The first-order valence-electron chi connectivity index (χ1n) is 5.09. The first-order valence-corrected chi connectivity index (χ1v) is 5.09. The van der Waals surface area contributed by atoms with Crippen molar-refractivity contribution in [2.24, 2.45) is 0 Å². The Kier molecular flexibility index (Phi) is 3.11. The molecule has 3 N–H and O–H groups in total. The molecule has 0 saturated carbocycles. The highest BCUT2D eigenvalue weighted by Gasteiger charge is 2.31. The zero-order valence-corrected chi connectivity index (χ0v) is 8.76. The maximum Gasteiger partial charge on any atom is 0.241 e. The van der Waals surface area contributed by atoms with Crippen LogP contribution in [0.1, 0.15) is 6.42 Å². The Bertz CT molecular complexity index is 345. The van der Waals surface area contributed by atoms with E-state index in [0.29, 0.717) is 13.0 Å². The minimum Gasteiger partial charge on any atom is -0.387 e. The van der Waals surface area contributed by atoms with E-state index in [0.717, 1.165) is 6.54 Å². The number of aliphatic hydroxyl groups is 1. The molecule has 8 heteroatoms. The van der Waals surface area contributed by atoms with Crippen molar-refractivity contribution in [3.63, 3.8) is 0 Å². The molecule has 1 amide bonds. The van der Waals surface area contributed by atoms with Crippen LogP contribution in [0.4, 0.5) is 0 Å². The quantitative estimate of drug-likeness (QED) is 0.525. The van der Waals surface area contributed by atoms with Crippen molar-refractivity contribution in [3.8, 4) is 0 Å². The van der Waals surface area contributed by atoms with Gasteiger partial charge >= 0.3 is 0 Å². The lowest BCUT2D eigenvalue weighted by atomic mass is 10.0. The van der Waals surface area contributed by atoms with Crippen LogP contribution in [-0.4, -0.2) is 56.5 Å². The van der Waals surface area contributed by atoms with Gasteiger partial charge in [0.1, 0.15) is 12.9 Å². The van der Waals surface area contributed by atoms with Crippen molar-refractivity contribution in [3.05, 3.63) is 6.33 Å². The Balaban J connectivity index is 1.75. The Morgan fingerprint density at radius 1 is 1.69 bits per heavy atom. The van der Waals surface area contributed by atoms with Gasteiger partial charge < -0.3 is 15.7 Å². The van der Waals surface area contributed by atoms with Crippen molar-refractivity contribution in [1.29, 1.82) is 0 Å². The first kappa shape index (κ1) is 11.0. The number of nitrogens with zero attached hydrogens (tertiary/aromatic N) is 4. The minimum atomic E-state index is -0.823. The van der Waals surface area contributed by atoms with Crippen LogP contribution in [0, 0.1) is 0 Å². The third kappa shape index (κ3) is 2.74. The van der Waals surface area contributed by atoms with Crippen LogP contribution < -0.4 is 10.6 Å². The summed E-state index contributed by atoms with van der Waals surface area (Å²) >= 11 is 0. The van der Waals surface area contributed by atoms with Crippen molar-refractivity contribution >= 4 is 5.91 Å². The zero-order chi connectivity index (χ0) is 11.4. The SMILES string of the molecule is O=C(Cn1cnnn1)NC[C@]1(O)CCNC1. The van der Waals surface area contributed by atoms with E-state index in [2.05, 4.69) is 26.2 Å². The Hall–Kier alpha value is -1.54. The van der Waals surface area contributed by atoms with Crippen molar-refractivity contribution in [2.75, 3.05) is 19.6 Å². The topological polar surface area (TPSA) is 105 Å². The molecule has 1 aliphatic heterocycles. The molecule has 1 aromatic heterocycles. The van der Waals surface area contributed by atoms with Gasteiger partial charge in [0.15, 0.2) is 0 Å². The van der Waals surface area contributed by atoms with Crippen LogP contribution in [0.15, 0.2) is 6.33 Å². The maximum absolute atomic E-state index is 11.5. The predicted molar refractivity (Wildman–Crippen MR) is 53.3 cm³/mol. The van der Waals surface area contributed by atoms with Crippen LogP contribution in [0.5, 0.6) is 0 Å². The van der Waals surface area contributed by atoms with E-state index in [9.17, 15) is 9.90 Å². The van der Waals surface area contributed by atoms with Gasteiger partial charge in [-0.15, -0.1) is 5.10 Å². The summed E-state index contributed by atoms with van der Waals surface area (Å²) in [6.07, 6.45) is 2.02. The average molecular weight is 226 g/mol. The van der Waals surface area contributed by atoms with E-state index in [1.807, 2.05) is 0 Å². The van der Waals surface area contributed by atoms with E-state index >= 15 is 0 Å². The van der Waals surface area contributed by atoms with Crippen molar-refractivity contribution in [2.45, 2.75) is 18.6 Å². The number of β-amino-alcohol motifs (C(OH)–C–C–N with tert-alkyl or cyclic N) is 1. The van der Waals surface area contributed by atoms with Gasteiger partial charge in [-0.2, -0.15) is 0 Å². The summed E-state index contributed by atoms with van der Waals surface area (Å²) in [6.45, 7) is 1.61. The monoisotopic (exact) mass is 226 g/mol. The molecule has 0 aliphatic carbocycles. The fourth-order valence-corrected chi connectivity index (χ4v) is 1.60. The third-order valence-electron chi connectivity index (χ3n) is 2.53. The summed E-state index contributed by atoms with van der Waals surface area (Å²) < 4.78 is 1.33. The number of carbonyl (C=O) groups excluding carboxylic acids is 1. The fourth-order valence-electron chi connectivity index (χ4n) is 1.60. The van der Waals surface area contributed by atoms with Crippen LogP contribution in [0.2, 0.25) is 0 Å². The Labute approximate surface area is 92.0 Å². The lowest BCUT2D eigenvalue weighted by molar-refractivity contribution is -0.123. The molecule has 1 aliphatic rings. The molecule has 0 aromatic carbocycles. The van der Waals surface area contributed by atoms with Crippen LogP contribution >= 0.6 is 0 Å². The highest BCUT2D eigenvalue weighted by Crippen LogP contribution is 2.12. The molecule has 1 aromatic rings. The summed E-state index contributed by atoms with van der Waals surface area (Å²) in [7, 11) is 0. The number of carbonyl (C=O) groups is 1. The average Bonchev–Trinajstić information content (AvgIpc) is 2.88. The third-order valence-corrected chi connectivity index (χ3v) is 2.53. The fraction of sp³-hybridized carbons (Fsp3) is 0.750. The van der Waals surface area contributed by atoms with Crippen molar-refractivity contribution < 1.29 is 9.90 Å². The summed E-state index contributed by atoms with van der Waals surface area (Å²) in [5, 5.41) is 26.1. The Morgan fingerprint density at radius 2 is 2.56 bits per heavy atom. The maximum atomic E-state index is 11.5. The summed E-state index contributed by atoms with van der Waals surface area (Å²) in [5.41, 5.74) is -0.823. The predicted octanol–water partition coefficient (Wildman–Crippen LogP) is -2.49. The van der Waals surface area contributed by atoms with Gasteiger partial charge in [-0.3, -0.25) is 4.79 Å². The highest BCUT2D eigenvalue weighted by molar-refractivity contribution is 5.75. The van der Waals surface area contributed by atoms with Crippen LogP contribution in [0.25, 0.3) is 0 Å². The number of tetrazole rings is 1. The molecule has 88 valence electrons. The minimum absolute atomic E-state index is 0.0660. The van der Waals surface area contributed by atoms with Crippen LogP contribution in [-0.2, 0) is 11.3 Å². The summed E-state index contributed by atoms with van der Waals surface area (Å²) in [6, 6.07) is 0. The molecule has 0 radical (unpaired) electrons. The molecule has 2 heterocycles. The molecule has 8 nitrogen and oxygen atoms in total. The number of aromatic nitrogens is 4. The lowest BCUT2D eigenvalue weighted by Crippen LogP contribution is -2.45. The number of hydrogen-bond acceptors (Lipinski definition) is 6. The summed E-state index contributed by atoms with van der Waals surface area (Å²) in [5.74, 6) is -0.215. The van der Waals surface area contributed by atoms with Crippen molar-refractivity contribution in [1.82, 2.24) is 30.8 Å². The van der Waals surface area contributed by atoms with Gasteiger partial charge in [-0.25, -0.2) is 4.68 Å². The zero-order valence-electron chi connectivity index (χ0n) is 8.76. The number of hydrogen-bond donors (Lipinski definition) is 3. The van der Waals surface area contributed by atoms with Gasteiger partial charge in [0, 0.05) is 13.1 Å². The van der Waals surface area contributed by atoms with E-state index in [1.165, 1.54) is 11.0 Å². The molecule has 2 rings (SSSR count). The van der Waals surface area contributed by atoms with E-state index < -0.39 is 5.60 Å². The van der Waals surface area contributed by atoms with Gasteiger partial charge in [0.05, 0.1) is 5.60 Å². The second kappa shape index (κ2) is 4.54. The second-order valence-corrected chi connectivity index (χ2v) is 3.94. The molecule has 0 bridgehead atoms. The van der Waals surface area contributed by atoms with Gasteiger partial charge in [-0.05, 0) is 23.4 Å². The van der Waals surface area contributed by atoms with Crippen LogP contribution in [0.3, 0.4) is 0 Å². The molecule has 1 fully saturated rings. The van der Waals surface area contributed by atoms with E-state index in [1.54, 1.807) is 0 Å². The van der Waals surface area contributed by atoms with Gasteiger partial charge in [0.2, 0.25) is 5.91 Å². The molecular weight excluding hydrogens is 212 g/mol. The lowest BCUT2D eigenvalue weighted by Gasteiger charge is -2.21. The normalized spacial score (nSPS) is 24.6. The Morgan fingerprint density at radius 3 is 3.19 bits per heavy atom. The summed E-state index contributed by atoms with van der Waals surface area (Å²) in [4.78, 5) is 11.5.